The Morgan fingerprint density at radius 2 is 1.90 bits per heavy atom. The molecular formula is C27H41ClN2. The Morgan fingerprint density at radius 3 is 2.47 bits per heavy atom. The van der Waals surface area contributed by atoms with Gasteiger partial charge in [-0.1, -0.05) is 64.1 Å². The second-order valence-corrected chi connectivity index (χ2v) is 11.0. The smallest absolute Gasteiger partial charge is 0.0553 e. The number of allylic oxidation sites excluding steroid dienone is 4. The molecular weight excluding hydrogens is 388 g/mol. The van der Waals surface area contributed by atoms with Crippen molar-refractivity contribution in [3.05, 3.63) is 58.7 Å². The Morgan fingerprint density at radius 1 is 1.20 bits per heavy atom. The van der Waals surface area contributed by atoms with E-state index in [4.69, 9.17) is 11.6 Å². The Hall–Kier alpha value is -1.09. The van der Waals surface area contributed by atoms with Crippen molar-refractivity contribution in [2.75, 3.05) is 19.6 Å². The van der Waals surface area contributed by atoms with Crippen molar-refractivity contribution in [3.63, 3.8) is 0 Å². The molecule has 1 N–H and O–H groups in total. The third-order valence-electron chi connectivity index (χ3n) is 7.23. The van der Waals surface area contributed by atoms with Gasteiger partial charge in [0.15, 0.2) is 0 Å². The Balaban J connectivity index is 1.61. The average Bonchev–Trinajstić information content (AvgIpc) is 2.67. The molecule has 3 atom stereocenters. The van der Waals surface area contributed by atoms with Crippen molar-refractivity contribution >= 4 is 11.6 Å². The van der Waals surface area contributed by atoms with E-state index in [1.807, 2.05) is 0 Å². The summed E-state index contributed by atoms with van der Waals surface area (Å²) < 4.78 is 0. The van der Waals surface area contributed by atoms with Crippen LogP contribution in [0.15, 0.2) is 42.0 Å². The van der Waals surface area contributed by atoms with Crippen LogP contribution in [0.2, 0.25) is 0 Å². The van der Waals surface area contributed by atoms with E-state index in [9.17, 15) is 0 Å². The van der Waals surface area contributed by atoms with E-state index < -0.39 is 0 Å². The van der Waals surface area contributed by atoms with Crippen molar-refractivity contribution in [2.45, 2.75) is 72.3 Å². The summed E-state index contributed by atoms with van der Waals surface area (Å²) in [5.41, 5.74) is 6.02. The lowest BCUT2D eigenvalue weighted by Gasteiger charge is -2.46. The van der Waals surface area contributed by atoms with Gasteiger partial charge in [0, 0.05) is 25.7 Å². The van der Waals surface area contributed by atoms with Gasteiger partial charge in [-0.15, -0.1) is 11.6 Å². The number of benzene rings is 1. The number of hydrogen-bond donors (Lipinski definition) is 1. The molecule has 3 heteroatoms. The molecule has 0 aromatic heterocycles. The predicted octanol–water partition coefficient (Wildman–Crippen LogP) is 6.26. The van der Waals surface area contributed by atoms with Gasteiger partial charge in [0.25, 0.3) is 0 Å². The molecule has 0 spiro atoms. The molecule has 3 rings (SSSR count). The SMILES string of the molecule is Cc1cccc(C)c1CN[C@@H](CN1CC[C@H](C2=CCC(Cl)C=C2)C(C)(C)C1)C(C)C. The van der Waals surface area contributed by atoms with Gasteiger partial charge in [-0.3, -0.25) is 0 Å². The molecule has 1 aliphatic carbocycles. The van der Waals surface area contributed by atoms with Crippen LogP contribution in [0.3, 0.4) is 0 Å². The van der Waals surface area contributed by atoms with Gasteiger partial charge in [-0.25, -0.2) is 0 Å². The van der Waals surface area contributed by atoms with Gasteiger partial charge in [-0.05, 0) is 72.7 Å². The summed E-state index contributed by atoms with van der Waals surface area (Å²) in [6, 6.07) is 7.11. The highest BCUT2D eigenvalue weighted by Crippen LogP contribution is 2.41. The third kappa shape index (κ3) is 5.78. The number of alkyl halides is 1. The fourth-order valence-corrected chi connectivity index (χ4v) is 5.42. The normalized spacial score (nSPS) is 25.4. The molecule has 2 aliphatic rings. The first-order valence-corrected chi connectivity index (χ1v) is 12.1. The van der Waals surface area contributed by atoms with Gasteiger partial charge < -0.3 is 10.2 Å². The summed E-state index contributed by atoms with van der Waals surface area (Å²) >= 11 is 6.25. The van der Waals surface area contributed by atoms with E-state index in [1.165, 1.54) is 35.2 Å². The van der Waals surface area contributed by atoms with Crippen LogP contribution in [0, 0.1) is 31.1 Å². The molecule has 0 bridgehead atoms. The lowest BCUT2D eigenvalue weighted by atomic mass is 9.69. The molecule has 1 heterocycles. The minimum absolute atomic E-state index is 0.173. The second-order valence-electron chi connectivity index (χ2n) is 10.5. The van der Waals surface area contributed by atoms with E-state index in [1.54, 1.807) is 0 Å². The van der Waals surface area contributed by atoms with Crippen molar-refractivity contribution in [1.82, 2.24) is 10.2 Å². The van der Waals surface area contributed by atoms with Crippen LogP contribution in [0.4, 0.5) is 0 Å². The topological polar surface area (TPSA) is 15.3 Å². The van der Waals surface area contributed by atoms with Gasteiger partial charge in [0.1, 0.15) is 0 Å². The van der Waals surface area contributed by atoms with E-state index in [0.717, 1.165) is 26.1 Å². The standard InChI is InChI=1S/C27H41ClN2/c1-19(2)26(29-16-24-20(3)8-7-9-21(24)4)17-30-15-14-25(27(5,6)18-30)22-10-12-23(28)13-11-22/h7-12,19,23,25-26,29H,13-18H2,1-6H3/t23?,25-,26+/m1/s1. The number of likely N-dealkylation sites (tertiary alicyclic amines) is 1. The van der Waals surface area contributed by atoms with Crippen LogP contribution in [0.1, 0.15) is 57.2 Å². The second kappa shape index (κ2) is 10.0. The third-order valence-corrected chi connectivity index (χ3v) is 7.56. The maximum atomic E-state index is 6.25. The average molecular weight is 429 g/mol. The van der Waals surface area contributed by atoms with Crippen LogP contribution < -0.4 is 5.32 Å². The van der Waals surface area contributed by atoms with Crippen molar-refractivity contribution in [3.8, 4) is 0 Å². The molecule has 1 unspecified atom stereocenters. The predicted molar refractivity (Wildman–Crippen MR) is 131 cm³/mol. The lowest BCUT2D eigenvalue weighted by molar-refractivity contribution is 0.0630. The van der Waals surface area contributed by atoms with E-state index in [2.05, 4.69) is 88.2 Å². The number of aryl methyl sites for hydroxylation is 2. The number of nitrogens with one attached hydrogen (secondary N) is 1. The highest BCUT2D eigenvalue weighted by atomic mass is 35.5. The quantitative estimate of drug-likeness (QED) is 0.515. The number of halogens is 1. The number of hydrogen-bond acceptors (Lipinski definition) is 2. The lowest BCUT2D eigenvalue weighted by Crippen LogP contribution is -2.51. The van der Waals surface area contributed by atoms with Crippen molar-refractivity contribution < 1.29 is 0 Å². The molecule has 0 amide bonds. The molecule has 1 saturated heterocycles. The van der Waals surface area contributed by atoms with Gasteiger partial charge in [0.05, 0.1) is 5.38 Å². The Bertz CT molecular complexity index is 757. The highest BCUT2D eigenvalue weighted by molar-refractivity contribution is 6.22. The molecule has 1 aliphatic heterocycles. The number of piperidine rings is 1. The molecule has 0 radical (unpaired) electrons. The van der Waals surface area contributed by atoms with Crippen LogP contribution in [-0.4, -0.2) is 36.0 Å². The molecule has 2 nitrogen and oxygen atoms in total. The summed E-state index contributed by atoms with van der Waals surface area (Å²) in [6.45, 7) is 18.4. The summed E-state index contributed by atoms with van der Waals surface area (Å²) in [6.07, 6.45) is 9.04. The minimum atomic E-state index is 0.173. The van der Waals surface area contributed by atoms with E-state index in [0.29, 0.717) is 17.9 Å². The summed E-state index contributed by atoms with van der Waals surface area (Å²) in [4.78, 5) is 2.69. The monoisotopic (exact) mass is 428 g/mol. The number of rotatable bonds is 7. The zero-order valence-corrected chi connectivity index (χ0v) is 20.6. The fraction of sp³-hybridized carbons (Fsp3) is 0.630. The first kappa shape index (κ1) is 23.6. The zero-order valence-electron chi connectivity index (χ0n) is 19.8. The molecule has 166 valence electrons. The number of nitrogens with zero attached hydrogens (tertiary/aromatic N) is 1. The molecule has 30 heavy (non-hydrogen) atoms. The molecule has 1 aromatic rings. The maximum Gasteiger partial charge on any atom is 0.0553 e. The summed E-state index contributed by atoms with van der Waals surface area (Å²) in [7, 11) is 0. The molecule has 0 saturated carbocycles. The van der Waals surface area contributed by atoms with Crippen molar-refractivity contribution in [2.24, 2.45) is 17.3 Å². The largest absolute Gasteiger partial charge is 0.308 e. The summed E-state index contributed by atoms with van der Waals surface area (Å²) in [5.74, 6) is 1.24. The van der Waals surface area contributed by atoms with Crippen LogP contribution in [-0.2, 0) is 6.54 Å². The van der Waals surface area contributed by atoms with Crippen molar-refractivity contribution in [1.29, 1.82) is 0 Å². The van der Waals surface area contributed by atoms with Gasteiger partial charge in [-0.2, -0.15) is 0 Å². The van der Waals surface area contributed by atoms with E-state index >= 15 is 0 Å². The molecule has 1 aromatic carbocycles. The first-order valence-electron chi connectivity index (χ1n) is 11.7. The fourth-order valence-electron chi connectivity index (χ4n) is 5.26. The van der Waals surface area contributed by atoms with Gasteiger partial charge >= 0.3 is 0 Å². The Kier molecular flexibility index (Phi) is 7.87. The zero-order chi connectivity index (χ0) is 21.9. The van der Waals surface area contributed by atoms with Crippen LogP contribution in [0.25, 0.3) is 0 Å². The first-order chi connectivity index (χ1) is 14.2. The maximum absolute atomic E-state index is 6.25. The van der Waals surface area contributed by atoms with Gasteiger partial charge in [0.2, 0.25) is 0 Å². The van der Waals surface area contributed by atoms with Crippen LogP contribution >= 0.6 is 11.6 Å². The van der Waals surface area contributed by atoms with Crippen LogP contribution in [0.5, 0.6) is 0 Å². The Labute approximate surface area is 189 Å². The summed E-state index contributed by atoms with van der Waals surface area (Å²) in [5, 5.41) is 4.07. The molecule has 1 fully saturated rings. The van der Waals surface area contributed by atoms with E-state index in [-0.39, 0.29) is 10.8 Å². The highest BCUT2D eigenvalue weighted by Gasteiger charge is 2.38. The minimum Gasteiger partial charge on any atom is -0.308 e.